The summed E-state index contributed by atoms with van der Waals surface area (Å²) in [5.41, 5.74) is -0.132. The highest BCUT2D eigenvalue weighted by molar-refractivity contribution is 7.12. The van der Waals surface area contributed by atoms with Gasteiger partial charge in [-0.05, 0) is 23.9 Å². The van der Waals surface area contributed by atoms with Crippen molar-refractivity contribution in [3.05, 3.63) is 50.6 Å². The molecule has 2 amide bonds. The largest absolute Gasteiger partial charge is 0.336 e. The van der Waals surface area contributed by atoms with Crippen LogP contribution in [0.5, 0.6) is 0 Å². The molecule has 23 heavy (non-hydrogen) atoms. The summed E-state index contributed by atoms with van der Waals surface area (Å²) in [6.07, 6.45) is 0.714. The monoisotopic (exact) mass is 332 g/mol. The zero-order valence-corrected chi connectivity index (χ0v) is 13.2. The van der Waals surface area contributed by atoms with E-state index >= 15 is 0 Å². The van der Waals surface area contributed by atoms with E-state index in [2.05, 4.69) is 10.2 Å². The van der Waals surface area contributed by atoms with Gasteiger partial charge in [-0.25, -0.2) is 5.10 Å². The van der Waals surface area contributed by atoms with E-state index in [4.69, 9.17) is 0 Å². The van der Waals surface area contributed by atoms with Gasteiger partial charge in [0.15, 0.2) is 0 Å². The first-order valence-electron chi connectivity index (χ1n) is 7.33. The van der Waals surface area contributed by atoms with Gasteiger partial charge >= 0.3 is 0 Å². The van der Waals surface area contributed by atoms with Crippen molar-refractivity contribution in [2.75, 3.05) is 26.2 Å². The fourth-order valence-corrected chi connectivity index (χ4v) is 3.20. The predicted molar refractivity (Wildman–Crippen MR) is 85.6 cm³/mol. The average Bonchev–Trinajstić information content (AvgIpc) is 2.99. The van der Waals surface area contributed by atoms with Gasteiger partial charge in [0, 0.05) is 32.2 Å². The van der Waals surface area contributed by atoms with Gasteiger partial charge < -0.3 is 9.80 Å². The maximum atomic E-state index is 12.4. The van der Waals surface area contributed by atoms with Crippen molar-refractivity contribution >= 4 is 23.2 Å². The van der Waals surface area contributed by atoms with Crippen molar-refractivity contribution < 1.29 is 9.59 Å². The molecule has 0 spiro atoms. The number of thiophene rings is 1. The fraction of sp³-hybridized carbons (Fsp3) is 0.333. The van der Waals surface area contributed by atoms with Crippen LogP contribution >= 0.6 is 11.3 Å². The van der Waals surface area contributed by atoms with Crippen LogP contribution in [0.1, 0.15) is 26.6 Å². The first kappa shape index (κ1) is 15.4. The Balaban J connectivity index is 1.66. The van der Waals surface area contributed by atoms with Crippen molar-refractivity contribution in [1.29, 1.82) is 0 Å². The highest BCUT2D eigenvalue weighted by atomic mass is 32.1. The van der Waals surface area contributed by atoms with Gasteiger partial charge in [0.25, 0.3) is 17.4 Å². The second kappa shape index (κ2) is 6.74. The standard InChI is InChI=1S/C15H16N4O3S/c20-13-5-4-11(16-17-13)14(21)18-6-2-7-19(9-8-18)15(22)12-3-1-10-23-12/h1,3-5,10H,2,6-9H2,(H,17,20). The summed E-state index contributed by atoms with van der Waals surface area (Å²) in [6, 6.07) is 6.36. The molecule has 1 fully saturated rings. The van der Waals surface area contributed by atoms with Crippen molar-refractivity contribution in [1.82, 2.24) is 20.0 Å². The van der Waals surface area contributed by atoms with Crippen molar-refractivity contribution in [2.45, 2.75) is 6.42 Å². The normalized spacial score (nSPS) is 15.3. The summed E-state index contributed by atoms with van der Waals surface area (Å²) in [5, 5.41) is 7.91. The molecule has 0 radical (unpaired) electrons. The van der Waals surface area contributed by atoms with Crippen molar-refractivity contribution in [2.24, 2.45) is 0 Å². The number of carbonyl (C=O) groups is 2. The number of hydrogen-bond donors (Lipinski definition) is 1. The molecule has 1 aliphatic heterocycles. The number of nitrogens with one attached hydrogen (secondary N) is 1. The van der Waals surface area contributed by atoms with Gasteiger partial charge in [-0.15, -0.1) is 11.3 Å². The van der Waals surface area contributed by atoms with E-state index in [9.17, 15) is 14.4 Å². The van der Waals surface area contributed by atoms with E-state index in [0.29, 0.717) is 37.5 Å². The topological polar surface area (TPSA) is 86.4 Å². The summed E-state index contributed by atoms with van der Waals surface area (Å²) in [7, 11) is 0. The zero-order valence-electron chi connectivity index (χ0n) is 12.4. The number of aromatic nitrogens is 2. The molecule has 0 saturated carbocycles. The van der Waals surface area contributed by atoms with E-state index in [0.717, 1.165) is 0 Å². The highest BCUT2D eigenvalue weighted by Gasteiger charge is 2.24. The second-order valence-electron chi connectivity index (χ2n) is 5.22. The Morgan fingerprint density at radius 1 is 1.04 bits per heavy atom. The minimum absolute atomic E-state index is 0.0106. The molecule has 8 heteroatoms. The van der Waals surface area contributed by atoms with E-state index in [-0.39, 0.29) is 23.1 Å². The van der Waals surface area contributed by atoms with Gasteiger partial charge in [-0.1, -0.05) is 6.07 Å². The van der Waals surface area contributed by atoms with Gasteiger partial charge in [-0.2, -0.15) is 5.10 Å². The number of rotatable bonds is 2. The number of H-pyrrole nitrogens is 1. The minimum Gasteiger partial charge on any atom is -0.336 e. The third-order valence-corrected chi connectivity index (χ3v) is 4.56. The Kier molecular flexibility index (Phi) is 4.52. The molecule has 0 atom stereocenters. The molecule has 3 rings (SSSR count). The van der Waals surface area contributed by atoms with Crippen molar-refractivity contribution in [3.8, 4) is 0 Å². The van der Waals surface area contributed by atoms with Crippen LogP contribution in [0.4, 0.5) is 0 Å². The molecular weight excluding hydrogens is 316 g/mol. The maximum absolute atomic E-state index is 12.4. The van der Waals surface area contributed by atoms with Crippen LogP contribution in [0.15, 0.2) is 34.4 Å². The van der Waals surface area contributed by atoms with Crippen LogP contribution in [-0.2, 0) is 0 Å². The second-order valence-corrected chi connectivity index (χ2v) is 6.17. The fourth-order valence-electron chi connectivity index (χ4n) is 2.51. The highest BCUT2D eigenvalue weighted by Crippen LogP contribution is 2.14. The van der Waals surface area contributed by atoms with Crippen LogP contribution < -0.4 is 5.56 Å². The Morgan fingerprint density at radius 2 is 1.78 bits per heavy atom. The summed E-state index contributed by atoms with van der Waals surface area (Å²) in [5.74, 6) is -0.219. The molecule has 0 bridgehead atoms. The molecule has 3 heterocycles. The first-order chi connectivity index (χ1) is 11.1. The lowest BCUT2D eigenvalue weighted by Gasteiger charge is -2.21. The summed E-state index contributed by atoms with van der Waals surface area (Å²) < 4.78 is 0. The molecule has 0 aliphatic carbocycles. The molecule has 1 saturated heterocycles. The Morgan fingerprint density at radius 3 is 2.39 bits per heavy atom. The minimum atomic E-state index is -0.342. The summed E-state index contributed by atoms with van der Waals surface area (Å²) in [6.45, 7) is 2.13. The van der Waals surface area contributed by atoms with Gasteiger partial charge in [0.05, 0.1) is 4.88 Å². The molecule has 7 nitrogen and oxygen atoms in total. The van der Waals surface area contributed by atoms with E-state index < -0.39 is 0 Å². The zero-order chi connectivity index (χ0) is 16.2. The number of carbonyl (C=O) groups excluding carboxylic acids is 2. The number of amides is 2. The molecular formula is C15H16N4O3S. The van der Waals surface area contributed by atoms with Crippen LogP contribution in [0.25, 0.3) is 0 Å². The number of nitrogens with zero attached hydrogens (tertiary/aromatic N) is 3. The average molecular weight is 332 g/mol. The van der Waals surface area contributed by atoms with Crippen molar-refractivity contribution in [3.63, 3.8) is 0 Å². The van der Waals surface area contributed by atoms with E-state index in [1.165, 1.54) is 23.5 Å². The molecule has 1 aliphatic rings. The Bertz CT molecular complexity index is 736. The van der Waals surface area contributed by atoms with Gasteiger partial charge in [0.1, 0.15) is 5.69 Å². The molecule has 1 N–H and O–H groups in total. The molecule has 0 unspecified atom stereocenters. The maximum Gasteiger partial charge on any atom is 0.274 e. The quantitative estimate of drug-likeness (QED) is 0.882. The summed E-state index contributed by atoms with van der Waals surface area (Å²) in [4.78, 5) is 40.0. The lowest BCUT2D eigenvalue weighted by atomic mass is 10.3. The van der Waals surface area contributed by atoms with E-state index in [1.807, 2.05) is 17.5 Å². The lowest BCUT2D eigenvalue weighted by molar-refractivity contribution is 0.0717. The number of hydrogen-bond acceptors (Lipinski definition) is 5. The molecule has 120 valence electrons. The third-order valence-electron chi connectivity index (χ3n) is 3.70. The SMILES string of the molecule is O=C(c1ccc(=O)[nH]n1)N1CCCN(C(=O)c2cccs2)CC1. The van der Waals surface area contributed by atoms with Crippen LogP contribution in [0.2, 0.25) is 0 Å². The predicted octanol–water partition coefficient (Wildman–Crippen LogP) is 0.820. The van der Waals surface area contributed by atoms with Gasteiger partial charge in [-0.3, -0.25) is 14.4 Å². The first-order valence-corrected chi connectivity index (χ1v) is 8.21. The summed E-state index contributed by atoms with van der Waals surface area (Å²) >= 11 is 1.42. The van der Waals surface area contributed by atoms with Crippen LogP contribution in [-0.4, -0.2) is 58.0 Å². The smallest absolute Gasteiger partial charge is 0.274 e. The molecule has 2 aromatic rings. The lowest BCUT2D eigenvalue weighted by Crippen LogP contribution is -2.37. The molecule has 2 aromatic heterocycles. The number of aromatic amines is 1. The Labute approximate surface area is 136 Å². The van der Waals surface area contributed by atoms with E-state index in [1.54, 1.807) is 9.80 Å². The Hall–Kier alpha value is -2.48. The third kappa shape index (κ3) is 3.48. The van der Waals surface area contributed by atoms with Gasteiger partial charge in [0.2, 0.25) is 0 Å². The van der Waals surface area contributed by atoms with Crippen LogP contribution in [0, 0.1) is 0 Å². The van der Waals surface area contributed by atoms with Crippen LogP contribution in [0.3, 0.4) is 0 Å². The molecule has 0 aromatic carbocycles.